The fourth-order valence-corrected chi connectivity index (χ4v) is 2.15. The third kappa shape index (κ3) is 3.28. The molecule has 3 aromatic rings. The molecular weight excluding hydrogens is 304 g/mol. The molecule has 0 bridgehead atoms. The highest BCUT2D eigenvalue weighted by Crippen LogP contribution is 2.25. The van der Waals surface area contributed by atoms with Crippen molar-refractivity contribution in [2.24, 2.45) is 0 Å². The Balaban J connectivity index is 1.83. The van der Waals surface area contributed by atoms with Gasteiger partial charge in [0.25, 0.3) is 12.3 Å². The molecule has 0 saturated carbocycles. The quantitative estimate of drug-likeness (QED) is 0.786. The molecule has 0 spiro atoms. The summed E-state index contributed by atoms with van der Waals surface area (Å²) in [5.41, 5.74) is 1.36. The molecular formula is C16H13F2N3O2. The SMILES string of the molecule is O=C(Nc1ccccc1OCC(F)F)c1cnn2ccccc12. The summed E-state index contributed by atoms with van der Waals surface area (Å²) >= 11 is 0. The molecule has 0 radical (unpaired) electrons. The lowest BCUT2D eigenvalue weighted by atomic mass is 10.2. The molecule has 5 nitrogen and oxygen atoms in total. The van der Waals surface area contributed by atoms with Crippen LogP contribution in [0.25, 0.3) is 5.52 Å². The van der Waals surface area contributed by atoms with Gasteiger partial charge in [0.15, 0.2) is 0 Å². The molecule has 2 heterocycles. The standard InChI is InChI=1S/C16H13F2N3O2/c17-15(18)10-23-14-7-2-1-5-12(14)20-16(22)11-9-19-21-8-4-3-6-13(11)21/h1-9,15H,10H2,(H,20,22). The number of nitrogens with one attached hydrogen (secondary N) is 1. The number of carbonyl (C=O) groups is 1. The summed E-state index contributed by atoms with van der Waals surface area (Å²) in [7, 11) is 0. The maximum absolute atomic E-state index is 12.4. The molecule has 23 heavy (non-hydrogen) atoms. The molecule has 0 atom stereocenters. The summed E-state index contributed by atoms with van der Waals surface area (Å²) in [5, 5.41) is 6.76. The number of nitrogens with zero attached hydrogens (tertiary/aromatic N) is 2. The fourth-order valence-electron chi connectivity index (χ4n) is 2.15. The van der Waals surface area contributed by atoms with Gasteiger partial charge in [0.1, 0.15) is 12.4 Å². The number of ether oxygens (including phenoxy) is 1. The van der Waals surface area contributed by atoms with Crippen LogP contribution >= 0.6 is 0 Å². The third-order valence-corrected chi connectivity index (χ3v) is 3.17. The predicted molar refractivity (Wildman–Crippen MR) is 81.1 cm³/mol. The van der Waals surface area contributed by atoms with E-state index in [1.54, 1.807) is 47.1 Å². The second kappa shape index (κ2) is 6.43. The van der Waals surface area contributed by atoms with E-state index >= 15 is 0 Å². The second-order valence-electron chi connectivity index (χ2n) is 4.74. The van der Waals surface area contributed by atoms with Crippen molar-refractivity contribution in [1.29, 1.82) is 0 Å². The monoisotopic (exact) mass is 317 g/mol. The molecule has 0 unspecified atom stereocenters. The van der Waals surface area contributed by atoms with Gasteiger partial charge < -0.3 is 10.1 Å². The van der Waals surface area contributed by atoms with E-state index in [0.29, 0.717) is 16.8 Å². The highest BCUT2D eigenvalue weighted by molar-refractivity contribution is 6.09. The van der Waals surface area contributed by atoms with Gasteiger partial charge in [-0.25, -0.2) is 13.3 Å². The lowest BCUT2D eigenvalue weighted by Gasteiger charge is -2.11. The van der Waals surface area contributed by atoms with E-state index in [9.17, 15) is 13.6 Å². The Morgan fingerprint density at radius 3 is 2.83 bits per heavy atom. The minimum atomic E-state index is -2.58. The number of benzene rings is 1. The summed E-state index contributed by atoms with van der Waals surface area (Å²) in [5.74, 6) is -0.197. The van der Waals surface area contributed by atoms with Crippen LogP contribution in [0.1, 0.15) is 10.4 Å². The lowest BCUT2D eigenvalue weighted by molar-refractivity contribution is 0.0822. The summed E-state index contributed by atoms with van der Waals surface area (Å²) in [6.45, 7) is -0.733. The summed E-state index contributed by atoms with van der Waals surface area (Å²) in [4.78, 5) is 12.4. The fraction of sp³-hybridized carbons (Fsp3) is 0.125. The van der Waals surface area contributed by atoms with Crippen molar-refractivity contribution in [1.82, 2.24) is 9.61 Å². The molecule has 7 heteroatoms. The van der Waals surface area contributed by atoms with Gasteiger partial charge in [0, 0.05) is 6.20 Å². The van der Waals surface area contributed by atoms with Crippen LogP contribution in [0.5, 0.6) is 5.75 Å². The summed E-state index contributed by atoms with van der Waals surface area (Å²) in [6.07, 6.45) is 0.595. The average molecular weight is 317 g/mol. The number of rotatable bonds is 5. The molecule has 1 N–H and O–H groups in total. The van der Waals surface area contributed by atoms with Crippen LogP contribution in [0.4, 0.5) is 14.5 Å². The first-order chi connectivity index (χ1) is 11.1. The Kier molecular flexibility index (Phi) is 4.18. The van der Waals surface area contributed by atoms with E-state index in [4.69, 9.17) is 4.74 Å². The number of aromatic nitrogens is 2. The van der Waals surface area contributed by atoms with Crippen molar-refractivity contribution >= 4 is 17.1 Å². The Morgan fingerprint density at radius 1 is 1.22 bits per heavy atom. The van der Waals surface area contributed by atoms with Gasteiger partial charge in [-0.2, -0.15) is 5.10 Å². The number of hydrogen-bond acceptors (Lipinski definition) is 3. The van der Waals surface area contributed by atoms with Crippen molar-refractivity contribution < 1.29 is 18.3 Å². The number of fused-ring (bicyclic) bond motifs is 1. The van der Waals surface area contributed by atoms with Crippen LogP contribution in [-0.2, 0) is 0 Å². The Labute approximate surface area is 130 Å². The van der Waals surface area contributed by atoms with Gasteiger partial charge in [-0.1, -0.05) is 18.2 Å². The summed E-state index contributed by atoms with van der Waals surface area (Å²) in [6, 6.07) is 11.8. The van der Waals surface area contributed by atoms with E-state index in [0.717, 1.165) is 0 Å². The molecule has 1 amide bonds. The molecule has 2 aromatic heterocycles. The van der Waals surface area contributed by atoms with E-state index in [1.165, 1.54) is 12.3 Å². The zero-order valence-electron chi connectivity index (χ0n) is 11.9. The van der Waals surface area contributed by atoms with Gasteiger partial charge in [0.05, 0.1) is 23.0 Å². The molecule has 0 aliphatic carbocycles. The molecule has 0 fully saturated rings. The molecule has 0 aliphatic rings. The van der Waals surface area contributed by atoms with Gasteiger partial charge in [-0.3, -0.25) is 4.79 Å². The Hall–Kier alpha value is -2.96. The van der Waals surface area contributed by atoms with Crippen LogP contribution in [0.3, 0.4) is 0 Å². The highest BCUT2D eigenvalue weighted by atomic mass is 19.3. The number of carbonyl (C=O) groups excluding carboxylic acids is 1. The number of halogens is 2. The maximum atomic E-state index is 12.4. The summed E-state index contributed by atoms with van der Waals surface area (Å²) < 4.78 is 31.2. The molecule has 1 aromatic carbocycles. The van der Waals surface area contributed by atoms with Gasteiger partial charge in [0.2, 0.25) is 0 Å². The Bertz CT molecular complexity index is 833. The second-order valence-corrected chi connectivity index (χ2v) is 4.74. The average Bonchev–Trinajstić information content (AvgIpc) is 2.98. The number of pyridine rings is 1. The number of anilines is 1. The van der Waals surface area contributed by atoms with E-state index < -0.39 is 13.0 Å². The van der Waals surface area contributed by atoms with Gasteiger partial charge in [-0.15, -0.1) is 0 Å². The van der Waals surface area contributed by atoms with Crippen molar-refractivity contribution in [3.05, 3.63) is 60.4 Å². The smallest absolute Gasteiger partial charge is 0.272 e. The zero-order chi connectivity index (χ0) is 16.2. The minimum Gasteiger partial charge on any atom is -0.485 e. The molecule has 0 saturated heterocycles. The van der Waals surface area contributed by atoms with Crippen molar-refractivity contribution in [2.75, 3.05) is 11.9 Å². The number of amides is 1. The van der Waals surface area contributed by atoms with Crippen molar-refractivity contribution in [2.45, 2.75) is 6.43 Å². The molecule has 0 aliphatic heterocycles. The van der Waals surface area contributed by atoms with Crippen LogP contribution in [0, 0.1) is 0 Å². The van der Waals surface area contributed by atoms with E-state index in [1.807, 2.05) is 0 Å². The topological polar surface area (TPSA) is 55.6 Å². The van der Waals surface area contributed by atoms with Crippen LogP contribution < -0.4 is 10.1 Å². The van der Waals surface area contributed by atoms with Crippen LogP contribution in [0.15, 0.2) is 54.9 Å². The molecule has 118 valence electrons. The van der Waals surface area contributed by atoms with Crippen molar-refractivity contribution in [3.63, 3.8) is 0 Å². The lowest BCUT2D eigenvalue weighted by Crippen LogP contribution is -2.14. The number of alkyl halides is 2. The van der Waals surface area contributed by atoms with Gasteiger partial charge >= 0.3 is 0 Å². The zero-order valence-corrected chi connectivity index (χ0v) is 11.9. The number of hydrogen-bond donors (Lipinski definition) is 1. The molecule has 3 rings (SSSR count). The first-order valence-corrected chi connectivity index (χ1v) is 6.89. The van der Waals surface area contributed by atoms with Gasteiger partial charge in [-0.05, 0) is 24.3 Å². The minimum absolute atomic E-state index is 0.192. The van der Waals surface area contributed by atoms with Crippen LogP contribution in [-0.4, -0.2) is 28.6 Å². The first kappa shape index (κ1) is 15.0. The van der Waals surface area contributed by atoms with E-state index in [2.05, 4.69) is 10.4 Å². The predicted octanol–water partition coefficient (Wildman–Crippen LogP) is 3.23. The van der Waals surface area contributed by atoms with Crippen LogP contribution in [0.2, 0.25) is 0 Å². The van der Waals surface area contributed by atoms with E-state index in [-0.39, 0.29) is 11.7 Å². The largest absolute Gasteiger partial charge is 0.485 e. The third-order valence-electron chi connectivity index (χ3n) is 3.17. The maximum Gasteiger partial charge on any atom is 0.272 e. The first-order valence-electron chi connectivity index (χ1n) is 6.89. The van der Waals surface area contributed by atoms with Crippen molar-refractivity contribution in [3.8, 4) is 5.75 Å². The highest BCUT2D eigenvalue weighted by Gasteiger charge is 2.15. The normalized spacial score (nSPS) is 10.9. The number of para-hydroxylation sites is 2. The Morgan fingerprint density at radius 2 is 2.00 bits per heavy atom.